The monoisotopic (exact) mass is 557 g/mol. The van der Waals surface area contributed by atoms with E-state index in [-0.39, 0.29) is 19.3 Å². The molecule has 1 amide bonds. The molecule has 1 saturated carbocycles. The molecular weight excluding hydrogens is 542 g/mol. The molecule has 0 aliphatic heterocycles. The van der Waals surface area contributed by atoms with Gasteiger partial charge in [0, 0.05) is 0 Å². The number of halogens is 16. The third-order valence-electron chi connectivity index (χ3n) is 5.36. The Bertz CT molecular complexity index is 776. The molecule has 35 heavy (non-hydrogen) atoms. The van der Waals surface area contributed by atoms with Crippen molar-refractivity contribution in [3.8, 4) is 0 Å². The van der Waals surface area contributed by atoms with Crippen LogP contribution in [0, 0.1) is 0 Å². The second-order valence-corrected chi connectivity index (χ2v) is 7.84. The summed E-state index contributed by atoms with van der Waals surface area (Å²) in [5.41, 5.74) is 1.78. The molecule has 0 heterocycles. The highest BCUT2D eigenvalue weighted by Gasteiger charge is 2.93. The number of primary amides is 1. The highest BCUT2D eigenvalue weighted by molar-refractivity contribution is 5.65. The van der Waals surface area contributed by atoms with Crippen molar-refractivity contribution in [3.05, 3.63) is 0 Å². The topological polar surface area (TPSA) is 52.3 Å². The van der Waals surface area contributed by atoms with E-state index in [1.165, 1.54) is 0 Å². The van der Waals surface area contributed by atoms with E-state index in [9.17, 15) is 75.0 Å². The number of alkyl halides is 16. The largest absolute Gasteiger partial charge is 0.443 e. The van der Waals surface area contributed by atoms with E-state index in [1.807, 2.05) is 0 Å². The number of amides is 1. The van der Waals surface area contributed by atoms with Crippen molar-refractivity contribution >= 4 is 6.09 Å². The van der Waals surface area contributed by atoms with Gasteiger partial charge in [0.2, 0.25) is 0 Å². The number of hydrogen-bond acceptors (Lipinski definition) is 2. The normalized spacial score (nSPS) is 19.1. The summed E-state index contributed by atoms with van der Waals surface area (Å²) < 4.78 is 219. The van der Waals surface area contributed by atoms with E-state index >= 15 is 0 Å². The molecule has 1 fully saturated rings. The average molecular weight is 557 g/mol. The number of rotatable bonds is 10. The maximum atomic E-state index is 14.3. The van der Waals surface area contributed by atoms with E-state index in [1.54, 1.807) is 0 Å². The molecule has 0 spiro atoms. The minimum atomic E-state index is -8.46. The van der Waals surface area contributed by atoms with Crippen LogP contribution in [0.5, 0.6) is 0 Å². The second kappa shape index (κ2) is 8.92. The quantitative estimate of drug-likeness (QED) is 0.298. The van der Waals surface area contributed by atoms with Crippen molar-refractivity contribution in [2.75, 3.05) is 0 Å². The summed E-state index contributed by atoms with van der Waals surface area (Å²) in [6, 6.07) is 0. The lowest BCUT2D eigenvalue weighted by Crippen LogP contribution is -2.74. The van der Waals surface area contributed by atoms with E-state index in [4.69, 9.17) is 0 Å². The summed E-state index contributed by atoms with van der Waals surface area (Å²) in [6.45, 7) is 0. The van der Waals surface area contributed by atoms with E-state index < -0.39 is 78.8 Å². The van der Waals surface area contributed by atoms with Gasteiger partial charge in [0.1, 0.15) is 5.60 Å². The molecule has 208 valence electrons. The zero-order chi connectivity index (χ0) is 28.1. The average Bonchev–Trinajstić information content (AvgIpc) is 2.66. The third kappa shape index (κ3) is 4.67. The Morgan fingerprint density at radius 1 is 0.686 bits per heavy atom. The predicted octanol–water partition coefficient (Wildman–Crippen LogP) is 6.89. The number of hydrogen-bond donors (Lipinski definition) is 1. The Balaban J connectivity index is 3.56. The van der Waals surface area contributed by atoms with Gasteiger partial charge in [-0.1, -0.05) is 6.42 Å². The maximum Gasteiger partial charge on any atom is 0.405 e. The minimum absolute atomic E-state index is 0.186. The van der Waals surface area contributed by atoms with Gasteiger partial charge in [0.25, 0.3) is 0 Å². The first-order valence-corrected chi connectivity index (χ1v) is 9.19. The molecule has 0 bridgehead atoms. The fraction of sp³-hybridized carbons (Fsp3) is 0.938. The smallest absolute Gasteiger partial charge is 0.405 e. The fourth-order valence-electron chi connectivity index (χ4n) is 3.41. The van der Waals surface area contributed by atoms with Gasteiger partial charge in [0.05, 0.1) is 6.42 Å². The molecule has 1 aliphatic rings. The van der Waals surface area contributed by atoms with Crippen molar-refractivity contribution in [2.24, 2.45) is 5.73 Å². The van der Waals surface area contributed by atoms with Gasteiger partial charge in [-0.25, -0.2) is 13.6 Å². The third-order valence-corrected chi connectivity index (χ3v) is 5.36. The van der Waals surface area contributed by atoms with Crippen LogP contribution in [-0.2, 0) is 4.74 Å². The molecule has 1 aliphatic carbocycles. The Morgan fingerprint density at radius 3 is 1.43 bits per heavy atom. The zero-order valence-electron chi connectivity index (χ0n) is 16.8. The lowest BCUT2D eigenvalue weighted by molar-refractivity contribution is -0.448. The molecule has 0 aromatic heterocycles. The van der Waals surface area contributed by atoms with Crippen molar-refractivity contribution in [1.82, 2.24) is 0 Å². The Kier molecular flexibility index (Phi) is 7.94. The molecule has 0 unspecified atom stereocenters. The summed E-state index contributed by atoms with van der Waals surface area (Å²) in [7, 11) is 0. The maximum absolute atomic E-state index is 14.3. The van der Waals surface area contributed by atoms with Crippen LogP contribution in [0.2, 0.25) is 0 Å². The van der Waals surface area contributed by atoms with Crippen molar-refractivity contribution < 1.29 is 79.8 Å². The lowest BCUT2D eigenvalue weighted by atomic mass is 9.78. The van der Waals surface area contributed by atoms with Crippen LogP contribution in [0.4, 0.5) is 75.0 Å². The van der Waals surface area contributed by atoms with Crippen LogP contribution in [-0.4, -0.2) is 59.6 Å². The number of ether oxygens (including phenoxy) is 1. The first kappa shape index (κ1) is 31.2. The van der Waals surface area contributed by atoms with Gasteiger partial charge in [-0.2, -0.15) is 61.5 Å². The molecule has 1 rings (SSSR count). The summed E-state index contributed by atoms with van der Waals surface area (Å²) in [4.78, 5) is 10.9. The first-order chi connectivity index (χ1) is 15.3. The van der Waals surface area contributed by atoms with E-state index in [0.29, 0.717) is 0 Å². The molecule has 19 heteroatoms. The van der Waals surface area contributed by atoms with Crippen LogP contribution in [0.25, 0.3) is 0 Å². The van der Waals surface area contributed by atoms with Crippen molar-refractivity contribution in [1.29, 1.82) is 0 Å². The van der Waals surface area contributed by atoms with Gasteiger partial charge >= 0.3 is 54.0 Å². The number of carbonyl (C=O) groups excluding carboxylic acids is 1. The highest BCUT2D eigenvalue weighted by atomic mass is 19.4. The van der Waals surface area contributed by atoms with E-state index in [2.05, 4.69) is 10.5 Å². The summed E-state index contributed by atoms with van der Waals surface area (Å²) >= 11 is 0. The molecule has 0 radical (unpaired) electrons. The SMILES string of the molecule is NC(=O)OC1(CC(F)(F)C(F)(F)C(F)(F)C(F)(F)C(F)(F)C(F)(F)C(F)(F)C(F)F)CCCCC1. The summed E-state index contributed by atoms with van der Waals surface area (Å²) in [5, 5.41) is 0. The van der Waals surface area contributed by atoms with E-state index in [0.717, 1.165) is 0 Å². The molecule has 2 N–H and O–H groups in total. The van der Waals surface area contributed by atoms with Crippen LogP contribution >= 0.6 is 0 Å². The van der Waals surface area contributed by atoms with Crippen LogP contribution in [0.1, 0.15) is 38.5 Å². The molecular formula is C16H15F16NO2. The predicted molar refractivity (Wildman–Crippen MR) is 81.7 cm³/mol. The Labute approximate surface area is 184 Å². The summed E-state index contributed by atoms with van der Waals surface area (Å²) in [6.07, 6.45) is -12.3. The molecule has 0 atom stereocenters. The Morgan fingerprint density at radius 2 is 1.06 bits per heavy atom. The Hall–Kier alpha value is -1.85. The van der Waals surface area contributed by atoms with Gasteiger partial charge in [-0.05, 0) is 25.7 Å². The minimum Gasteiger partial charge on any atom is -0.443 e. The van der Waals surface area contributed by atoms with Gasteiger partial charge in [-0.3, -0.25) is 0 Å². The number of carbonyl (C=O) groups is 1. The van der Waals surface area contributed by atoms with Crippen molar-refractivity contribution in [3.63, 3.8) is 0 Å². The fourth-order valence-corrected chi connectivity index (χ4v) is 3.41. The van der Waals surface area contributed by atoms with Gasteiger partial charge in [-0.15, -0.1) is 0 Å². The van der Waals surface area contributed by atoms with Crippen LogP contribution < -0.4 is 5.73 Å². The lowest BCUT2D eigenvalue weighted by Gasteiger charge is -2.44. The van der Waals surface area contributed by atoms with Crippen molar-refractivity contribution in [2.45, 2.75) is 92.0 Å². The first-order valence-electron chi connectivity index (χ1n) is 9.19. The number of nitrogens with two attached hydrogens (primary N) is 1. The zero-order valence-corrected chi connectivity index (χ0v) is 16.8. The molecule has 3 nitrogen and oxygen atoms in total. The molecule has 0 aromatic carbocycles. The highest BCUT2D eigenvalue weighted by Crippen LogP contribution is 2.63. The molecule has 0 aromatic rings. The van der Waals surface area contributed by atoms with Crippen LogP contribution in [0.3, 0.4) is 0 Å². The standard InChI is InChI=1S/C16H15F16NO2/c17-7(18)11(21,22)13(25,26)15(29,30)16(31,32)14(27,28)12(23,24)10(19,20)6-9(35-8(33)34)4-2-1-3-5-9/h7H,1-6H2,(H2,33,34). The van der Waals surface area contributed by atoms with Gasteiger partial charge < -0.3 is 10.5 Å². The summed E-state index contributed by atoms with van der Waals surface area (Å²) in [5.74, 6) is -55.0. The molecule has 0 saturated heterocycles. The second-order valence-electron chi connectivity index (χ2n) is 7.84. The van der Waals surface area contributed by atoms with Gasteiger partial charge in [0.15, 0.2) is 0 Å². The van der Waals surface area contributed by atoms with Crippen LogP contribution in [0.15, 0.2) is 0 Å².